The van der Waals surface area contributed by atoms with E-state index in [-0.39, 0.29) is 24.5 Å². The first kappa shape index (κ1) is 24.2. The van der Waals surface area contributed by atoms with Crippen LogP contribution in [0.15, 0.2) is 78.4 Å². The molecule has 1 aliphatic rings. The number of ketones is 1. The quantitative estimate of drug-likeness (QED) is 0.288. The third-order valence-electron chi connectivity index (χ3n) is 5.96. The van der Waals surface area contributed by atoms with Crippen molar-refractivity contribution < 1.29 is 28.6 Å². The van der Waals surface area contributed by atoms with Crippen molar-refractivity contribution in [3.05, 3.63) is 106 Å². The molecule has 3 aromatic carbocycles. The molecule has 1 N–H and O–H groups in total. The van der Waals surface area contributed by atoms with Crippen LogP contribution in [0.1, 0.15) is 28.3 Å². The smallest absolute Gasteiger partial charge is 0.295 e. The molecular formula is C28H26FNO5. The number of aliphatic hydroxyl groups is 1. The zero-order chi connectivity index (χ0) is 24.9. The topological polar surface area (TPSA) is 76.1 Å². The molecule has 1 amide bonds. The molecule has 1 saturated heterocycles. The number of ether oxygens (including phenoxy) is 2. The predicted molar refractivity (Wildman–Crippen MR) is 129 cm³/mol. The fourth-order valence-electron chi connectivity index (χ4n) is 4.17. The highest BCUT2D eigenvalue weighted by Gasteiger charge is 2.46. The molecule has 1 fully saturated rings. The Bertz CT molecular complexity index is 1250. The first-order valence-corrected chi connectivity index (χ1v) is 11.2. The second kappa shape index (κ2) is 10.5. The third-order valence-corrected chi connectivity index (χ3v) is 5.96. The van der Waals surface area contributed by atoms with E-state index in [4.69, 9.17) is 9.47 Å². The Balaban J connectivity index is 1.70. The van der Waals surface area contributed by atoms with E-state index in [1.54, 1.807) is 25.1 Å². The Morgan fingerprint density at radius 1 is 1.03 bits per heavy atom. The van der Waals surface area contributed by atoms with Gasteiger partial charge in [-0.3, -0.25) is 9.59 Å². The number of benzene rings is 3. The Morgan fingerprint density at radius 2 is 1.74 bits per heavy atom. The lowest BCUT2D eigenvalue weighted by Crippen LogP contribution is -2.32. The number of hydrogen-bond acceptors (Lipinski definition) is 5. The van der Waals surface area contributed by atoms with Gasteiger partial charge in [0, 0.05) is 19.2 Å². The van der Waals surface area contributed by atoms with E-state index in [2.05, 4.69) is 0 Å². The van der Waals surface area contributed by atoms with Gasteiger partial charge in [0.25, 0.3) is 11.7 Å². The molecule has 35 heavy (non-hydrogen) atoms. The molecule has 6 nitrogen and oxygen atoms in total. The zero-order valence-corrected chi connectivity index (χ0v) is 19.5. The standard InChI is InChI=1S/C28H26FNO5/c1-18-16-22(35-17-19-6-4-3-5-7-19)12-13-23(18)26(31)24-25(20-8-10-21(29)11-9-20)30(14-15-34-2)28(33)27(24)32/h3-13,16,25,31H,14-15,17H2,1-2H3/t25-/m1/s1. The molecule has 1 atom stereocenters. The monoisotopic (exact) mass is 475 g/mol. The summed E-state index contributed by atoms with van der Waals surface area (Å²) in [5.41, 5.74) is 2.58. The van der Waals surface area contributed by atoms with Crippen molar-refractivity contribution >= 4 is 17.4 Å². The highest BCUT2D eigenvalue weighted by Crippen LogP contribution is 2.40. The zero-order valence-electron chi connectivity index (χ0n) is 19.5. The number of aryl methyl sites for hydroxylation is 1. The van der Waals surface area contributed by atoms with Crippen molar-refractivity contribution in [2.45, 2.75) is 19.6 Å². The van der Waals surface area contributed by atoms with Crippen molar-refractivity contribution in [2.75, 3.05) is 20.3 Å². The molecule has 0 bridgehead atoms. The maximum absolute atomic E-state index is 13.6. The Hall–Kier alpha value is -3.97. The van der Waals surface area contributed by atoms with Gasteiger partial charge in [0.2, 0.25) is 0 Å². The molecule has 3 aromatic rings. The number of carbonyl (C=O) groups is 2. The van der Waals surface area contributed by atoms with Gasteiger partial charge in [0.05, 0.1) is 18.2 Å². The summed E-state index contributed by atoms with van der Waals surface area (Å²) in [6.45, 7) is 2.53. The highest BCUT2D eigenvalue weighted by atomic mass is 19.1. The summed E-state index contributed by atoms with van der Waals surface area (Å²) in [4.78, 5) is 27.2. The lowest BCUT2D eigenvalue weighted by Gasteiger charge is -2.25. The van der Waals surface area contributed by atoms with Crippen LogP contribution in [0.25, 0.3) is 5.76 Å². The van der Waals surface area contributed by atoms with Crippen LogP contribution in [0.2, 0.25) is 0 Å². The van der Waals surface area contributed by atoms with Crippen LogP contribution in [-0.2, 0) is 20.9 Å². The number of aliphatic hydroxyl groups excluding tert-OH is 1. The van der Waals surface area contributed by atoms with Gasteiger partial charge in [0.15, 0.2) is 0 Å². The van der Waals surface area contributed by atoms with Gasteiger partial charge >= 0.3 is 0 Å². The molecule has 0 unspecified atom stereocenters. The van der Waals surface area contributed by atoms with E-state index in [0.717, 1.165) is 5.56 Å². The lowest BCUT2D eigenvalue weighted by molar-refractivity contribution is -0.140. The van der Waals surface area contributed by atoms with E-state index < -0.39 is 23.5 Å². The van der Waals surface area contributed by atoms with E-state index in [9.17, 15) is 19.1 Å². The number of methoxy groups -OCH3 is 1. The minimum Gasteiger partial charge on any atom is -0.507 e. The summed E-state index contributed by atoms with van der Waals surface area (Å²) in [6.07, 6.45) is 0. The van der Waals surface area contributed by atoms with E-state index >= 15 is 0 Å². The summed E-state index contributed by atoms with van der Waals surface area (Å²) in [6, 6.07) is 19.5. The number of nitrogens with zero attached hydrogens (tertiary/aromatic N) is 1. The summed E-state index contributed by atoms with van der Waals surface area (Å²) in [5, 5.41) is 11.3. The van der Waals surface area contributed by atoms with Gasteiger partial charge in [0.1, 0.15) is 23.9 Å². The summed E-state index contributed by atoms with van der Waals surface area (Å²) in [5.74, 6) is -1.65. The van der Waals surface area contributed by atoms with E-state index in [1.165, 1.54) is 36.3 Å². The van der Waals surface area contributed by atoms with Crippen molar-refractivity contribution in [3.63, 3.8) is 0 Å². The van der Waals surface area contributed by atoms with E-state index in [1.807, 2.05) is 30.3 Å². The molecule has 0 saturated carbocycles. The first-order chi connectivity index (χ1) is 16.9. The van der Waals surface area contributed by atoms with Crippen molar-refractivity contribution in [1.29, 1.82) is 0 Å². The maximum Gasteiger partial charge on any atom is 0.295 e. The molecule has 0 aliphatic carbocycles. The van der Waals surface area contributed by atoms with Crippen LogP contribution in [0, 0.1) is 12.7 Å². The van der Waals surface area contributed by atoms with Gasteiger partial charge < -0.3 is 19.5 Å². The minimum atomic E-state index is -0.862. The average Bonchev–Trinajstić information content (AvgIpc) is 3.12. The number of Topliss-reactive ketones (excluding diaryl/α,β-unsaturated/α-hetero) is 1. The highest BCUT2D eigenvalue weighted by molar-refractivity contribution is 6.46. The van der Waals surface area contributed by atoms with Crippen LogP contribution in [0.4, 0.5) is 4.39 Å². The molecule has 0 spiro atoms. The summed E-state index contributed by atoms with van der Waals surface area (Å²) < 4.78 is 24.5. The molecule has 1 heterocycles. The third kappa shape index (κ3) is 5.10. The Kier molecular flexibility index (Phi) is 7.27. The van der Waals surface area contributed by atoms with Crippen molar-refractivity contribution in [2.24, 2.45) is 0 Å². The number of hydrogen-bond donors (Lipinski definition) is 1. The number of rotatable bonds is 8. The lowest BCUT2D eigenvalue weighted by atomic mass is 9.94. The molecule has 7 heteroatoms. The van der Waals surface area contributed by atoms with Gasteiger partial charge in [-0.2, -0.15) is 0 Å². The number of amides is 1. The van der Waals surface area contributed by atoms with Crippen molar-refractivity contribution in [1.82, 2.24) is 4.90 Å². The first-order valence-electron chi connectivity index (χ1n) is 11.2. The van der Waals surface area contributed by atoms with Crippen molar-refractivity contribution in [3.8, 4) is 5.75 Å². The summed E-state index contributed by atoms with van der Waals surface area (Å²) >= 11 is 0. The number of halogens is 1. The Morgan fingerprint density at radius 3 is 2.40 bits per heavy atom. The Labute approximate surface area is 203 Å². The normalized spacial score (nSPS) is 17.1. The fraction of sp³-hybridized carbons (Fsp3) is 0.214. The largest absolute Gasteiger partial charge is 0.507 e. The molecule has 4 rings (SSSR count). The molecule has 0 radical (unpaired) electrons. The molecule has 1 aliphatic heterocycles. The molecule has 180 valence electrons. The van der Waals surface area contributed by atoms with Gasteiger partial charge in [-0.05, 0) is 53.9 Å². The van der Waals surface area contributed by atoms with Crippen LogP contribution in [0.3, 0.4) is 0 Å². The van der Waals surface area contributed by atoms with Crippen LogP contribution >= 0.6 is 0 Å². The van der Waals surface area contributed by atoms with Gasteiger partial charge in [-0.15, -0.1) is 0 Å². The number of carbonyl (C=O) groups excluding carboxylic acids is 2. The van der Waals surface area contributed by atoms with Gasteiger partial charge in [-0.25, -0.2) is 4.39 Å². The average molecular weight is 476 g/mol. The molecule has 0 aromatic heterocycles. The van der Waals surface area contributed by atoms with Crippen LogP contribution < -0.4 is 4.74 Å². The van der Waals surface area contributed by atoms with E-state index in [0.29, 0.717) is 29.0 Å². The van der Waals surface area contributed by atoms with Crippen LogP contribution in [-0.4, -0.2) is 42.0 Å². The van der Waals surface area contributed by atoms with Crippen LogP contribution in [0.5, 0.6) is 5.75 Å². The second-order valence-electron chi connectivity index (χ2n) is 8.29. The second-order valence-corrected chi connectivity index (χ2v) is 8.29. The summed E-state index contributed by atoms with van der Waals surface area (Å²) in [7, 11) is 1.49. The SMILES string of the molecule is COCCN1C(=O)C(=O)C(=C(O)c2ccc(OCc3ccccc3)cc2C)[C@H]1c1ccc(F)cc1. The van der Waals surface area contributed by atoms with Gasteiger partial charge in [-0.1, -0.05) is 42.5 Å². The number of likely N-dealkylation sites (tertiary alicyclic amines) is 1. The predicted octanol–water partition coefficient (Wildman–Crippen LogP) is 4.78. The maximum atomic E-state index is 13.6. The minimum absolute atomic E-state index is 0.0428. The molecular weight excluding hydrogens is 449 g/mol. The fourth-order valence-corrected chi connectivity index (χ4v) is 4.17.